The van der Waals surface area contributed by atoms with Crippen LogP contribution in [0.2, 0.25) is 0 Å². The lowest BCUT2D eigenvalue weighted by Crippen LogP contribution is -2.45. The molecular formula is C14H20N2O2S. The lowest BCUT2D eigenvalue weighted by Gasteiger charge is -2.31. The van der Waals surface area contributed by atoms with Crippen LogP contribution in [0.4, 0.5) is 0 Å². The number of carboxylic acid groups (broad SMARTS) is 1. The fraction of sp³-hybridized carbons (Fsp3) is 0.714. The maximum Gasteiger partial charge on any atom is 0.308 e. The van der Waals surface area contributed by atoms with E-state index in [1.807, 2.05) is 6.92 Å². The molecule has 0 aromatic carbocycles. The van der Waals surface area contributed by atoms with Crippen LogP contribution in [0.25, 0.3) is 0 Å². The van der Waals surface area contributed by atoms with Gasteiger partial charge < -0.3 is 10.4 Å². The number of aliphatic carboxylic acids is 1. The first-order valence-electron chi connectivity index (χ1n) is 6.97. The quantitative estimate of drug-likeness (QED) is 0.890. The summed E-state index contributed by atoms with van der Waals surface area (Å²) in [4.78, 5) is 16.0. The predicted molar refractivity (Wildman–Crippen MR) is 74.1 cm³/mol. The number of hydrogen-bond acceptors (Lipinski definition) is 4. The van der Waals surface area contributed by atoms with Gasteiger partial charge in [-0.3, -0.25) is 4.79 Å². The zero-order valence-corrected chi connectivity index (χ0v) is 12.1. The van der Waals surface area contributed by atoms with Gasteiger partial charge in [-0.25, -0.2) is 4.98 Å². The SMILES string of the molecule is Cc1nc(C(C)NC2C3CCC(C3)C2C(=O)O)cs1. The molecule has 2 aliphatic rings. The van der Waals surface area contributed by atoms with Gasteiger partial charge >= 0.3 is 5.97 Å². The number of hydrogen-bond donors (Lipinski definition) is 2. The zero-order valence-electron chi connectivity index (χ0n) is 11.3. The third-order valence-corrected chi connectivity index (χ3v) is 5.52. The first-order valence-corrected chi connectivity index (χ1v) is 7.85. The van der Waals surface area contributed by atoms with E-state index in [0.717, 1.165) is 23.5 Å². The lowest BCUT2D eigenvalue weighted by molar-refractivity contribution is -0.144. The van der Waals surface area contributed by atoms with Crippen molar-refractivity contribution in [2.75, 3.05) is 0 Å². The van der Waals surface area contributed by atoms with Crippen LogP contribution >= 0.6 is 11.3 Å². The van der Waals surface area contributed by atoms with E-state index in [4.69, 9.17) is 0 Å². The third kappa shape index (κ3) is 2.30. The Kier molecular flexibility index (Phi) is 3.35. The van der Waals surface area contributed by atoms with Gasteiger partial charge in [0.1, 0.15) is 0 Å². The molecule has 0 amide bonds. The number of nitrogens with one attached hydrogen (secondary N) is 1. The minimum absolute atomic E-state index is 0.119. The molecule has 2 bridgehead atoms. The Morgan fingerprint density at radius 1 is 1.53 bits per heavy atom. The van der Waals surface area contributed by atoms with Crippen LogP contribution in [0, 0.1) is 24.7 Å². The van der Waals surface area contributed by atoms with Crippen LogP contribution in [-0.2, 0) is 4.79 Å². The number of rotatable bonds is 4. The summed E-state index contributed by atoms with van der Waals surface area (Å²) in [7, 11) is 0. The average Bonchev–Trinajstić information content (AvgIpc) is 3.03. The van der Waals surface area contributed by atoms with E-state index in [9.17, 15) is 9.90 Å². The maximum absolute atomic E-state index is 11.5. The van der Waals surface area contributed by atoms with Gasteiger partial charge in [0, 0.05) is 17.5 Å². The first kappa shape index (κ1) is 13.1. The fourth-order valence-corrected chi connectivity index (χ4v) is 4.55. The van der Waals surface area contributed by atoms with Crippen molar-refractivity contribution < 1.29 is 9.90 Å². The second kappa shape index (κ2) is 4.87. The Bertz CT molecular complexity index is 488. The van der Waals surface area contributed by atoms with E-state index in [2.05, 4.69) is 22.6 Å². The number of fused-ring (bicyclic) bond motifs is 2. The van der Waals surface area contributed by atoms with Crippen molar-refractivity contribution in [1.29, 1.82) is 0 Å². The minimum atomic E-state index is -0.633. The molecule has 5 heteroatoms. The average molecular weight is 280 g/mol. The predicted octanol–water partition coefficient (Wildman–Crippen LogP) is 2.60. The summed E-state index contributed by atoms with van der Waals surface area (Å²) >= 11 is 1.65. The highest BCUT2D eigenvalue weighted by molar-refractivity contribution is 7.09. The number of carbonyl (C=O) groups is 1. The Hall–Kier alpha value is -0.940. The number of aromatic nitrogens is 1. The smallest absolute Gasteiger partial charge is 0.308 e. The molecule has 5 unspecified atom stereocenters. The van der Waals surface area contributed by atoms with E-state index in [1.54, 1.807) is 11.3 Å². The molecule has 0 aliphatic heterocycles. The topological polar surface area (TPSA) is 62.2 Å². The number of nitrogens with zero attached hydrogens (tertiary/aromatic N) is 1. The minimum Gasteiger partial charge on any atom is -0.481 e. The van der Waals surface area contributed by atoms with Crippen molar-refractivity contribution in [3.63, 3.8) is 0 Å². The molecule has 104 valence electrons. The van der Waals surface area contributed by atoms with Crippen LogP contribution in [0.1, 0.15) is 42.9 Å². The lowest BCUT2D eigenvalue weighted by atomic mass is 9.84. The summed E-state index contributed by atoms with van der Waals surface area (Å²) in [5, 5.41) is 16.1. The van der Waals surface area contributed by atoms with Gasteiger partial charge in [0.05, 0.1) is 16.6 Å². The third-order valence-electron chi connectivity index (χ3n) is 4.72. The van der Waals surface area contributed by atoms with Crippen molar-refractivity contribution in [1.82, 2.24) is 10.3 Å². The molecule has 0 saturated heterocycles. The summed E-state index contributed by atoms with van der Waals surface area (Å²) in [5.41, 5.74) is 1.04. The van der Waals surface area contributed by atoms with E-state index in [1.165, 1.54) is 6.42 Å². The molecule has 2 fully saturated rings. The highest BCUT2D eigenvalue weighted by atomic mass is 32.1. The highest BCUT2D eigenvalue weighted by Gasteiger charge is 2.51. The molecular weight excluding hydrogens is 260 g/mol. The summed E-state index contributed by atoms with van der Waals surface area (Å²) in [6.07, 6.45) is 3.34. The van der Waals surface area contributed by atoms with Crippen molar-refractivity contribution in [2.45, 2.75) is 45.2 Å². The van der Waals surface area contributed by atoms with Gasteiger partial charge in [0.15, 0.2) is 0 Å². The van der Waals surface area contributed by atoms with Crippen LogP contribution in [0.15, 0.2) is 5.38 Å². The van der Waals surface area contributed by atoms with Gasteiger partial charge in [0.25, 0.3) is 0 Å². The number of aryl methyl sites for hydroxylation is 1. The van der Waals surface area contributed by atoms with E-state index in [0.29, 0.717) is 11.8 Å². The Labute approximate surface area is 117 Å². The fourth-order valence-electron chi connectivity index (χ4n) is 3.84. The molecule has 1 aromatic heterocycles. The Balaban J connectivity index is 1.73. The van der Waals surface area contributed by atoms with E-state index in [-0.39, 0.29) is 18.0 Å². The zero-order chi connectivity index (χ0) is 13.6. The van der Waals surface area contributed by atoms with Crippen molar-refractivity contribution in [3.05, 3.63) is 16.1 Å². The Morgan fingerprint density at radius 3 is 2.89 bits per heavy atom. The first-order chi connectivity index (χ1) is 9.06. The molecule has 1 aromatic rings. The van der Waals surface area contributed by atoms with Crippen molar-refractivity contribution in [2.24, 2.45) is 17.8 Å². The van der Waals surface area contributed by atoms with Crippen LogP contribution in [0.5, 0.6) is 0 Å². The van der Waals surface area contributed by atoms with Crippen LogP contribution in [0.3, 0.4) is 0 Å². The molecule has 2 saturated carbocycles. The van der Waals surface area contributed by atoms with Gasteiger partial charge in [-0.15, -0.1) is 11.3 Å². The molecule has 4 nitrogen and oxygen atoms in total. The molecule has 19 heavy (non-hydrogen) atoms. The monoisotopic (exact) mass is 280 g/mol. The molecule has 2 aliphatic carbocycles. The molecule has 0 radical (unpaired) electrons. The molecule has 1 heterocycles. The maximum atomic E-state index is 11.5. The summed E-state index contributed by atoms with van der Waals surface area (Å²) < 4.78 is 0. The van der Waals surface area contributed by atoms with Gasteiger partial charge in [0.2, 0.25) is 0 Å². The molecule has 0 spiro atoms. The summed E-state index contributed by atoms with van der Waals surface area (Å²) in [5.74, 6) is 0.0740. The number of carboxylic acids is 1. The van der Waals surface area contributed by atoms with Crippen LogP contribution in [-0.4, -0.2) is 22.1 Å². The summed E-state index contributed by atoms with van der Waals surface area (Å²) in [6.45, 7) is 4.08. The largest absolute Gasteiger partial charge is 0.481 e. The second-order valence-corrected chi connectivity index (χ2v) is 6.96. The summed E-state index contributed by atoms with van der Waals surface area (Å²) in [6, 6.07) is 0.254. The standard InChI is InChI=1S/C14H20N2O2S/c1-7(11-6-19-8(2)16-11)15-13-10-4-3-9(5-10)12(13)14(17)18/h6-7,9-10,12-13,15H,3-5H2,1-2H3,(H,17,18). The second-order valence-electron chi connectivity index (χ2n) is 5.90. The van der Waals surface area contributed by atoms with E-state index >= 15 is 0 Å². The molecule has 5 atom stereocenters. The van der Waals surface area contributed by atoms with Gasteiger partial charge in [-0.05, 0) is 44.9 Å². The Morgan fingerprint density at radius 2 is 2.26 bits per heavy atom. The van der Waals surface area contributed by atoms with Gasteiger partial charge in [-0.2, -0.15) is 0 Å². The highest BCUT2D eigenvalue weighted by Crippen LogP contribution is 2.49. The van der Waals surface area contributed by atoms with Crippen LogP contribution < -0.4 is 5.32 Å². The molecule has 3 rings (SSSR count). The number of thiazole rings is 1. The molecule has 2 N–H and O–H groups in total. The normalized spacial score (nSPS) is 34.6. The van der Waals surface area contributed by atoms with Gasteiger partial charge in [-0.1, -0.05) is 0 Å². The van der Waals surface area contributed by atoms with Crippen molar-refractivity contribution >= 4 is 17.3 Å². The van der Waals surface area contributed by atoms with E-state index < -0.39 is 5.97 Å². The van der Waals surface area contributed by atoms with Crippen molar-refractivity contribution in [3.8, 4) is 0 Å².